The summed E-state index contributed by atoms with van der Waals surface area (Å²) >= 11 is 0. The summed E-state index contributed by atoms with van der Waals surface area (Å²) in [5.41, 5.74) is 0. The average molecular weight is 276 g/mol. The standard InChI is InChI=1S/C16H28N4/c1-12(11-14-7-6-8-14)17-13(2)16-19-18-15-9-4-3-5-10-20(15)16/h12-14,17H,3-11H2,1-2H3. The van der Waals surface area contributed by atoms with Gasteiger partial charge in [0.25, 0.3) is 0 Å². The van der Waals surface area contributed by atoms with Crippen LogP contribution in [0.4, 0.5) is 0 Å². The Hall–Kier alpha value is -0.900. The van der Waals surface area contributed by atoms with E-state index in [0.717, 1.165) is 24.7 Å². The molecule has 0 radical (unpaired) electrons. The molecule has 0 bridgehead atoms. The van der Waals surface area contributed by atoms with Crippen LogP contribution in [0.3, 0.4) is 0 Å². The molecule has 2 unspecified atom stereocenters. The Morgan fingerprint density at radius 2 is 2.00 bits per heavy atom. The summed E-state index contributed by atoms with van der Waals surface area (Å²) < 4.78 is 2.36. The Balaban J connectivity index is 1.61. The molecule has 0 saturated heterocycles. The van der Waals surface area contributed by atoms with E-state index in [-0.39, 0.29) is 0 Å². The van der Waals surface area contributed by atoms with E-state index in [1.165, 1.54) is 50.8 Å². The summed E-state index contributed by atoms with van der Waals surface area (Å²) in [4.78, 5) is 0. The van der Waals surface area contributed by atoms with Crippen molar-refractivity contribution in [3.63, 3.8) is 0 Å². The van der Waals surface area contributed by atoms with Crippen LogP contribution in [0.15, 0.2) is 0 Å². The van der Waals surface area contributed by atoms with Crippen LogP contribution < -0.4 is 5.32 Å². The van der Waals surface area contributed by atoms with Crippen molar-refractivity contribution < 1.29 is 0 Å². The van der Waals surface area contributed by atoms with E-state index >= 15 is 0 Å². The first-order chi connectivity index (χ1) is 9.74. The molecule has 4 nitrogen and oxygen atoms in total. The van der Waals surface area contributed by atoms with E-state index in [9.17, 15) is 0 Å². The molecule has 1 aliphatic heterocycles. The first kappa shape index (κ1) is 14.1. The van der Waals surface area contributed by atoms with Crippen molar-refractivity contribution in [3.8, 4) is 0 Å². The second kappa shape index (κ2) is 6.25. The molecular formula is C16H28N4. The quantitative estimate of drug-likeness (QED) is 0.898. The Morgan fingerprint density at radius 3 is 2.75 bits per heavy atom. The van der Waals surface area contributed by atoms with Crippen molar-refractivity contribution in [2.45, 2.75) is 83.8 Å². The van der Waals surface area contributed by atoms with Crippen molar-refractivity contribution in [3.05, 3.63) is 11.6 Å². The van der Waals surface area contributed by atoms with Gasteiger partial charge in [0.15, 0.2) is 0 Å². The second-order valence-corrected chi connectivity index (χ2v) is 6.76. The Bertz CT molecular complexity index is 436. The molecule has 3 rings (SSSR count). The van der Waals surface area contributed by atoms with Crippen LogP contribution >= 0.6 is 0 Å². The molecule has 2 aliphatic rings. The number of aromatic nitrogens is 3. The summed E-state index contributed by atoms with van der Waals surface area (Å²) in [6.45, 7) is 5.65. The highest BCUT2D eigenvalue weighted by Gasteiger charge is 2.23. The van der Waals surface area contributed by atoms with Gasteiger partial charge in [0, 0.05) is 19.0 Å². The largest absolute Gasteiger partial charge is 0.314 e. The fourth-order valence-corrected chi connectivity index (χ4v) is 3.63. The smallest absolute Gasteiger partial charge is 0.149 e. The van der Waals surface area contributed by atoms with Gasteiger partial charge in [-0.1, -0.05) is 25.7 Å². The Kier molecular flexibility index (Phi) is 4.39. The van der Waals surface area contributed by atoms with Gasteiger partial charge in [-0.15, -0.1) is 10.2 Å². The number of nitrogens with zero attached hydrogens (tertiary/aromatic N) is 3. The normalized spacial score (nSPS) is 22.7. The zero-order valence-corrected chi connectivity index (χ0v) is 12.9. The van der Waals surface area contributed by atoms with Gasteiger partial charge < -0.3 is 9.88 Å². The maximum Gasteiger partial charge on any atom is 0.149 e. The lowest BCUT2D eigenvalue weighted by Crippen LogP contribution is -2.33. The van der Waals surface area contributed by atoms with E-state index in [1.54, 1.807) is 0 Å². The molecule has 1 saturated carbocycles. The summed E-state index contributed by atoms with van der Waals surface area (Å²) in [6.07, 6.45) is 10.6. The molecule has 1 aliphatic carbocycles. The zero-order chi connectivity index (χ0) is 13.9. The van der Waals surface area contributed by atoms with Gasteiger partial charge in [0.1, 0.15) is 11.6 Å². The topological polar surface area (TPSA) is 42.7 Å². The third kappa shape index (κ3) is 3.05. The number of rotatable bonds is 5. The summed E-state index contributed by atoms with van der Waals surface area (Å²) in [5.74, 6) is 3.29. The summed E-state index contributed by atoms with van der Waals surface area (Å²) in [7, 11) is 0. The number of nitrogens with one attached hydrogen (secondary N) is 1. The molecule has 2 atom stereocenters. The van der Waals surface area contributed by atoms with Gasteiger partial charge in [0.05, 0.1) is 6.04 Å². The highest BCUT2D eigenvalue weighted by atomic mass is 15.3. The van der Waals surface area contributed by atoms with Crippen molar-refractivity contribution >= 4 is 0 Å². The van der Waals surface area contributed by atoms with Crippen LogP contribution in [-0.2, 0) is 13.0 Å². The van der Waals surface area contributed by atoms with E-state index in [4.69, 9.17) is 0 Å². The lowest BCUT2D eigenvalue weighted by Gasteiger charge is -2.30. The zero-order valence-electron chi connectivity index (χ0n) is 12.9. The van der Waals surface area contributed by atoms with Gasteiger partial charge in [-0.05, 0) is 39.0 Å². The van der Waals surface area contributed by atoms with Crippen molar-refractivity contribution in [1.82, 2.24) is 20.1 Å². The number of hydrogen-bond donors (Lipinski definition) is 1. The van der Waals surface area contributed by atoms with Crippen LogP contribution in [0.25, 0.3) is 0 Å². The molecule has 0 amide bonds. The highest BCUT2D eigenvalue weighted by Crippen LogP contribution is 2.31. The molecule has 1 aromatic rings. The van der Waals surface area contributed by atoms with Crippen LogP contribution in [0.2, 0.25) is 0 Å². The number of fused-ring (bicyclic) bond motifs is 1. The molecule has 4 heteroatoms. The van der Waals surface area contributed by atoms with Gasteiger partial charge in [-0.25, -0.2) is 0 Å². The van der Waals surface area contributed by atoms with Gasteiger partial charge in [0.2, 0.25) is 0 Å². The molecular weight excluding hydrogens is 248 g/mol. The highest BCUT2D eigenvalue weighted by molar-refractivity contribution is 5.02. The third-order valence-electron chi connectivity index (χ3n) is 4.97. The third-order valence-corrected chi connectivity index (χ3v) is 4.97. The van der Waals surface area contributed by atoms with Crippen molar-refractivity contribution in [1.29, 1.82) is 0 Å². The molecule has 2 heterocycles. The number of aryl methyl sites for hydroxylation is 1. The van der Waals surface area contributed by atoms with Crippen LogP contribution in [0.5, 0.6) is 0 Å². The van der Waals surface area contributed by atoms with Gasteiger partial charge in [-0.2, -0.15) is 0 Å². The SMILES string of the molecule is CC(CC1CCC1)NC(C)c1nnc2n1CCCCC2. The molecule has 1 aromatic heterocycles. The molecule has 1 N–H and O–H groups in total. The Labute approximate surface area is 122 Å². The van der Waals surface area contributed by atoms with Crippen LogP contribution in [0, 0.1) is 5.92 Å². The minimum atomic E-state index is 0.310. The first-order valence-corrected chi connectivity index (χ1v) is 8.42. The molecule has 0 aromatic carbocycles. The fraction of sp³-hybridized carbons (Fsp3) is 0.875. The van der Waals surface area contributed by atoms with Gasteiger partial charge >= 0.3 is 0 Å². The molecule has 1 fully saturated rings. The molecule has 0 spiro atoms. The fourth-order valence-electron chi connectivity index (χ4n) is 3.63. The Morgan fingerprint density at radius 1 is 1.15 bits per heavy atom. The molecule has 20 heavy (non-hydrogen) atoms. The van der Waals surface area contributed by atoms with E-state index < -0.39 is 0 Å². The predicted molar refractivity (Wildman–Crippen MR) is 80.5 cm³/mol. The van der Waals surface area contributed by atoms with Crippen molar-refractivity contribution in [2.75, 3.05) is 0 Å². The maximum atomic E-state index is 4.46. The van der Waals surface area contributed by atoms with E-state index in [1.807, 2.05) is 0 Å². The van der Waals surface area contributed by atoms with E-state index in [2.05, 4.69) is 33.9 Å². The van der Waals surface area contributed by atoms with Gasteiger partial charge in [-0.3, -0.25) is 0 Å². The minimum Gasteiger partial charge on any atom is -0.314 e. The van der Waals surface area contributed by atoms with E-state index in [0.29, 0.717) is 12.1 Å². The summed E-state index contributed by atoms with van der Waals surface area (Å²) in [5, 5.41) is 12.6. The maximum absolute atomic E-state index is 4.46. The molecule has 112 valence electrons. The predicted octanol–water partition coefficient (Wildman–Crippen LogP) is 3.23. The minimum absolute atomic E-state index is 0.310. The monoisotopic (exact) mass is 276 g/mol. The van der Waals surface area contributed by atoms with Crippen LogP contribution in [-0.4, -0.2) is 20.8 Å². The van der Waals surface area contributed by atoms with Crippen molar-refractivity contribution in [2.24, 2.45) is 5.92 Å². The second-order valence-electron chi connectivity index (χ2n) is 6.76. The van der Waals surface area contributed by atoms with Crippen LogP contribution in [0.1, 0.15) is 76.5 Å². The first-order valence-electron chi connectivity index (χ1n) is 8.42. The lowest BCUT2D eigenvalue weighted by atomic mass is 9.81. The number of hydrogen-bond acceptors (Lipinski definition) is 3. The lowest BCUT2D eigenvalue weighted by molar-refractivity contribution is 0.257. The summed E-state index contributed by atoms with van der Waals surface area (Å²) in [6, 6.07) is 0.887. The average Bonchev–Trinajstić information content (AvgIpc) is 2.63.